The molecule has 3 rings (SSSR count). The van der Waals surface area contributed by atoms with E-state index in [1.165, 1.54) is 0 Å². The lowest BCUT2D eigenvalue weighted by Gasteiger charge is -2.02. The molecule has 0 amide bonds. The molecule has 1 aromatic heterocycles. The molecule has 0 aliphatic heterocycles. The number of nitrogen functional groups attached to an aromatic ring is 1. The van der Waals surface area contributed by atoms with Gasteiger partial charge in [0.05, 0.1) is 0 Å². The Morgan fingerprint density at radius 3 is 2.50 bits per heavy atom. The number of rotatable bonds is 2. The van der Waals surface area contributed by atoms with Crippen LogP contribution in [-0.2, 0) is 0 Å². The van der Waals surface area contributed by atoms with Gasteiger partial charge >= 0.3 is 0 Å². The third-order valence-electron chi connectivity index (χ3n) is 4.70. The van der Waals surface area contributed by atoms with Crippen molar-refractivity contribution in [1.29, 1.82) is 0 Å². The lowest BCUT2D eigenvalue weighted by molar-refractivity contribution is 0.457. The van der Waals surface area contributed by atoms with E-state index in [1.54, 1.807) is 0 Å². The van der Waals surface area contributed by atoms with E-state index in [0.717, 1.165) is 11.1 Å². The van der Waals surface area contributed by atoms with Crippen molar-refractivity contribution < 1.29 is 4.42 Å². The Morgan fingerprint density at radius 2 is 1.89 bits per heavy atom. The Hall–Kier alpha value is -1.71. The summed E-state index contributed by atoms with van der Waals surface area (Å²) in [4.78, 5) is 4.43. The maximum atomic E-state index is 5.73. The van der Waals surface area contributed by atoms with Crippen molar-refractivity contribution in [3.8, 4) is 0 Å². The number of oxazole rings is 1. The fraction of sp³-hybridized carbons (Fsp3) is 0.500. The monoisotopic (exact) mass is 245 g/mol. The molecule has 0 spiro atoms. The van der Waals surface area contributed by atoms with Gasteiger partial charge in [0.15, 0.2) is 5.58 Å². The molecule has 96 valence electrons. The zero-order valence-electron chi connectivity index (χ0n) is 11.2. The summed E-state index contributed by atoms with van der Waals surface area (Å²) in [6.07, 6.45) is 0. The van der Waals surface area contributed by atoms with Gasteiger partial charge in [-0.15, -0.1) is 0 Å². The van der Waals surface area contributed by atoms with Crippen LogP contribution in [0.25, 0.3) is 11.1 Å². The molecule has 1 saturated carbocycles. The highest BCUT2D eigenvalue weighted by atomic mass is 16.4. The normalized spacial score (nSPS) is 21.1. The lowest BCUT2D eigenvalue weighted by Crippen LogP contribution is -2.09. The zero-order chi connectivity index (χ0) is 13.1. The molecule has 0 saturated heterocycles. The minimum absolute atomic E-state index is 0.257. The second-order valence-corrected chi connectivity index (χ2v) is 6.27. The van der Waals surface area contributed by atoms with Gasteiger partial charge in [-0.25, -0.2) is 0 Å². The van der Waals surface area contributed by atoms with Crippen LogP contribution >= 0.6 is 0 Å². The smallest absolute Gasteiger partial charge is 0.295 e. The standard InChI is InChI=1S/C14H19N3O/c1-13(2)11(14(13,3)4)17-12-16-9-7-8(15)5-6-10(9)18-12/h5-7,11H,15H2,1-4H3,(H,16,17). The van der Waals surface area contributed by atoms with E-state index >= 15 is 0 Å². The number of fused-ring (bicyclic) bond motifs is 1. The van der Waals surface area contributed by atoms with Crippen molar-refractivity contribution >= 4 is 22.8 Å². The number of benzene rings is 1. The summed E-state index contributed by atoms with van der Waals surface area (Å²) in [7, 11) is 0. The van der Waals surface area contributed by atoms with Crippen LogP contribution in [0.2, 0.25) is 0 Å². The summed E-state index contributed by atoms with van der Waals surface area (Å²) in [6, 6.07) is 6.47. The number of nitrogens with one attached hydrogen (secondary N) is 1. The fourth-order valence-electron chi connectivity index (χ4n) is 2.69. The van der Waals surface area contributed by atoms with Gasteiger partial charge in [-0.3, -0.25) is 0 Å². The van der Waals surface area contributed by atoms with E-state index in [4.69, 9.17) is 10.2 Å². The SMILES string of the molecule is CC1(C)C(Nc2nc3cc(N)ccc3o2)C1(C)C. The largest absolute Gasteiger partial charge is 0.424 e. The van der Waals surface area contributed by atoms with E-state index in [-0.39, 0.29) is 10.8 Å². The van der Waals surface area contributed by atoms with Crippen LogP contribution < -0.4 is 11.1 Å². The molecule has 4 heteroatoms. The molecule has 1 aliphatic carbocycles. The van der Waals surface area contributed by atoms with E-state index < -0.39 is 0 Å². The van der Waals surface area contributed by atoms with Crippen molar-refractivity contribution in [1.82, 2.24) is 4.98 Å². The van der Waals surface area contributed by atoms with Crippen molar-refractivity contribution in [3.05, 3.63) is 18.2 Å². The summed E-state index contributed by atoms with van der Waals surface area (Å²) >= 11 is 0. The Morgan fingerprint density at radius 1 is 1.22 bits per heavy atom. The number of hydrogen-bond donors (Lipinski definition) is 2. The van der Waals surface area contributed by atoms with Crippen LogP contribution in [0.5, 0.6) is 0 Å². The fourth-order valence-corrected chi connectivity index (χ4v) is 2.69. The molecular formula is C14H19N3O. The number of nitrogens with two attached hydrogens (primary N) is 1. The molecule has 1 fully saturated rings. The van der Waals surface area contributed by atoms with Gasteiger partial charge in [0.25, 0.3) is 6.01 Å². The van der Waals surface area contributed by atoms with Crippen LogP contribution in [0.15, 0.2) is 22.6 Å². The quantitative estimate of drug-likeness (QED) is 0.797. The molecule has 0 radical (unpaired) electrons. The predicted octanol–water partition coefficient (Wildman–Crippen LogP) is 3.26. The zero-order valence-corrected chi connectivity index (χ0v) is 11.2. The number of aromatic nitrogens is 1. The molecule has 1 aromatic carbocycles. The Kier molecular flexibility index (Phi) is 2.02. The second-order valence-electron chi connectivity index (χ2n) is 6.27. The highest BCUT2D eigenvalue weighted by Gasteiger charge is 2.65. The van der Waals surface area contributed by atoms with Crippen LogP contribution in [0.1, 0.15) is 27.7 Å². The van der Waals surface area contributed by atoms with E-state index in [0.29, 0.717) is 17.7 Å². The maximum Gasteiger partial charge on any atom is 0.295 e. The molecule has 3 N–H and O–H groups in total. The molecule has 0 bridgehead atoms. The van der Waals surface area contributed by atoms with Crippen molar-refractivity contribution in [2.45, 2.75) is 33.7 Å². The summed E-state index contributed by atoms with van der Waals surface area (Å²) in [5.41, 5.74) is 8.51. The van der Waals surface area contributed by atoms with Gasteiger partial charge in [-0.2, -0.15) is 4.98 Å². The first-order chi connectivity index (χ1) is 8.32. The van der Waals surface area contributed by atoms with Gasteiger partial charge in [0.1, 0.15) is 5.52 Å². The summed E-state index contributed by atoms with van der Waals surface area (Å²) in [5.74, 6) is 0. The average Bonchev–Trinajstić information content (AvgIpc) is 2.64. The van der Waals surface area contributed by atoms with Gasteiger partial charge in [-0.05, 0) is 29.0 Å². The Bertz CT molecular complexity index is 599. The minimum Gasteiger partial charge on any atom is -0.424 e. The second kappa shape index (κ2) is 3.19. The summed E-state index contributed by atoms with van der Waals surface area (Å²) in [6.45, 7) is 9.02. The number of anilines is 2. The molecule has 18 heavy (non-hydrogen) atoms. The van der Waals surface area contributed by atoms with Crippen LogP contribution in [0.3, 0.4) is 0 Å². The molecular weight excluding hydrogens is 226 g/mol. The van der Waals surface area contributed by atoms with E-state index in [9.17, 15) is 0 Å². The third-order valence-corrected chi connectivity index (χ3v) is 4.70. The highest BCUT2D eigenvalue weighted by Crippen LogP contribution is 2.63. The Labute approximate surface area is 107 Å². The van der Waals surface area contributed by atoms with Crippen molar-refractivity contribution in [2.24, 2.45) is 10.8 Å². The first-order valence-corrected chi connectivity index (χ1v) is 6.25. The van der Waals surface area contributed by atoms with Crippen molar-refractivity contribution in [2.75, 3.05) is 11.1 Å². The third kappa shape index (κ3) is 1.41. The topological polar surface area (TPSA) is 64.1 Å². The molecule has 1 aliphatic rings. The van der Waals surface area contributed by atoms with Gasteiger partial charge in [0, 0.05) is 11.7 Å². The van der Waals surface area contributed by atoms with Crippen LogP contribution in [0, 0.1) is 10.8 Å². The molecule has 1 heterocycles. The average molecular weight is 245 g/mol. The molecule has 0 unspecified atom stereocenters. The predicted molar refractivity (Wildman–Crippen MR) is 73.4 cm³/mol. The molecule has 2 aromatic rings. The first kappa shape index (κ1) is 11.4. The van der Waals surface area contributed by atoms with Gasteiger partial charge in [-0.1, -0.05) is 27.7 Å². The molecule has 0 atom stereocenters. The lowest BCUT2D eigenvalue weighted by atomic mass is 10.0. The number of nitrogens with zero attached hydrogens (tertiary/aromatic N) is 1. The summed E-state index contributed by atoms with van der Waals surface area (Å²) in [5, 5.41) is 3.39. The minimum atomic E-state index is 0.257. The van der Waals surface area contributed by atoms with E-state index in [2.05, 4.69) is 38.0 Å². The van der Waals surface area contributed by atoms with Crippen LogP contribution in [-0.4, -0.2) is 11.0 Å². The van der Waals surface area contributed by atoms with Crippen LogP contribution in [0.4, 0.5) is 11.7 Å². The maximum absolute atomic E-state index is 5.73. The number of hydrogen-bond acceptors (Lipinski definition) is 4. The first-order valence-electron chi connectivity index (χ1n) is 6.25. The highest BCUT2D eigenvalue weighted by molar-refractivity contribution is 5.78. The molecule has 4 nitrogen and oxygen atoms in total. The Balaban J connectivity index is 1.89. The van der Waals surface area contributed by atoms with Gasteiger partial charge in [0.2, 0.25) is 0 Å². The van der Waals surface area contributed by atoms with Crippen molar-refractivity contribution in [3.63, 3.8) is 0 Å². The van der Waals surface area contributed by atoms with E-state index in [1.807, 2.05) is 18.2 Å². The summed E-state index contributed by atoms with van der Waals surface area (Å²) < 4.78 is 5.68. The van der Waals surface area contributed by atoms with Gasteiger partial charge < -0.3 is 15.5 Å².